The van der Waals surface area contributed by atoms with Crippen molar-refractivity contribution in [3.8, 4) is 0 Å². The van der Waals surface area contributed by atoms with Crippen LogP contribution in [-0.4, -0.2) is 29.3 Å². The van der Waals surface area contributed by atoms with Gasteiger partial charge in [-0.05, 0) is 24.6 Å². The highest BCUT2D eigenvalue weighted by molar-refractivity contribution is 9.10. The lowest BCUT2D eigenvalue weighted by Gasteiger charge is -2.31. The van der Waals surface area contributed by atoms with E-state index in [-0.39, 0.29) is 24.4 Å². The number of nitrogens with zero attached hydrogens (tertiary/aromatic N) is 1. The summed E-state index contributed by atoms with van der Waals surface area (Å²) in [6, 6.07) is 7.58. The van der Waals surface area contributed by atoms with Gasteiger partial charge >= 0.3 is 0 Å². The Hall–Kier alpha value is -1.20. The van der Waals surface area contributed by atoms with Gasteiger partial charge in [0.25, 0.3) is 0 Å². The van der Waals surface area contributed by atoms with E-state index in [1.165, 1.54) is 0 Å². The molecule has 4 nitrogen and oxygen atoms in total. The fraction of sp³-hybridized carbons (Fsp3) is 0.333. The molecule has 2 amide bonds. The van der Waals surface area contributed by atoms with Crippen LogP contribution >= 0.6 is 15.9 Å². The molecule has 0 saturated carbocycles. The third kappa shape index (κ3) is 2.92. The molecular formula is C12H13BrN2O2. The molecule has 1 saturated heterocycles. The number of piperazine rings is 1. The van der Waals surface area contributed by atoms with E-state index in [4.69, 9.17) is 0 Å². The zero-order valence-electron chi connectivity index (χ0n) is 9.44. The Morgan fingerprint density at radius 1 is 1.47 bits per heavy atom. The van der Waals surface area contributed by atoms with Gasteiger partial charge in [-0.2, -0.15) is 0 Å². The Kier molecular flexibility index (Phi) is 3.59. The number of benzene rings is 1. The molecule has 2 rings (SSSR count). The molecule has 90 valence electrons. The van der Waals surface area contributed by atoms with Gasteiger partial charge in [0.1, 0.15) is 0 Å². The van der Waals surface area contributed by atoms with Gasteiger partial charge in [-0.3, -0.25) is 19.8 Å². The largest absolute Gasteiger partial charge is 0.294 e. The highest BCUT2D eigenvalue weighted by Gasteiger charge is 2.29. The smallest absolute Gasteiger partial charge is 0.243 e. The number of halogens is 1. The number of hydrogen-bond acceptors (Lipinski definition) is 3. The van der Waals surface area contributed by atoms with E-state index in [1.807, 2.05) is 29.2 Å². The average molecular weight is 297 g/mol. The zero-order chi connectivity index (χ0) is 12.4. The summed E-state index contributed by atoms with van der Waals surface area (Å²) in [5.74, 6) is -0.459. The summed E-state index contributed by atoms with van der Waals surface area (Å²) in [4.78, 5) is 24.7. The van der Waals surface area contributed by atoms with Crippen molar-refractivity contribution >= 4 is 27.7 Å². The van der Waals surface area contributed by atoms with Crippen molar-refractivity contribution in [2.24, 2.45) is 0 Å². The maximum atomic E-state index is 11.5. The number of carbonyl (C=O) groups is 2. The van der Waals surface area contributed by atoms with Crippen LogP contribution in [0.3, 0.4) is 0 Å². The van der Waals surface area contributed by atoms with Crippen molar-refractivity contribution in [1.82, 2.24) is 10.2 Å². The van der Waals surface area contributed by atoms with Crippen LogP contribution < -0.4 is 5.32 Å². The first-order valence-corrected chi connectivity index (χ1v) is 6.18. The van der Waals surface area contributed by atoms with E-state index in [1.54, 1.807) is 6.92 Å². The van der Waals surface area contributed by atoms with Crippen molar-refractivity contribution in [2.75, 3.05) is 6.54 Å². The van der Waals surface area contributed by atoms with E-state index < -0.39 is 0 Å². The lowest BCUT2D eigenvalue weighted by molar-refractivity contribution is -0.139. The second-order valence-electron chi connectivity index (χ2n) is 4.12. The van der Waals surface area contributed by atoms with Gasteiger partial charge in [0.2, 0.25) is 11.8 Å². The minimum absolute atomic E-state index is 0.226. The molecule has 1 atom stereocenters. The molecule has 0 radical (unpaired) electrons. The lowest BCUT2D eigenvalue weighted by atomic mass is 10.1. The van der Waals surface area contributed by atoms with Crippen LogP contribution in [0, 0.1) is 0 Å². The maximum absolute atomic E-state index is 11.5. The minimum Gasteiger partial charge on any atom is -0.294 e. The van der Waals surface area contributed by atoms with Crippen molar-refractivity contribution in [2.45, 2.75) is 19.5 Å². The van der Waals surface area contributed by atoms with Gasteiger partial charge in [0, 0.05) is 11.0 Å². The molecule has 1 aliphatic rings. The molecule has 1 aromatic carbocycles. The highest BCUT2D eigenvalue weighted by Crippen LogP contribution is 2.15. The number of rotatable bonds is 2. The first kappa shape index (κ1) is 12.3. The van der Waals surface area contributed by atoms with Crippen LogP contribution in [0.2, 0.25) is 0 Å². The molecule has 0 aromatic heterocycles. The molecule has 1 unspecified atom stereocenters. The van der Waals surface area contributed by atoms with Crippen LogP contribution in [-0.2, 0) is 16.1 Å². The van der Waals surface area contributed by atoms with Gasteiger partial charge in [-0.15, -0.1) is 0 Å². The topological polar surface area (TPSA) is 49.4 Å². The van der Waals surface area contributed by atoms with Crippen LogP contribution in [0.5, 0.6) is 0 Å². The van der Waals surface area contributed by atoms with Crippen molar-refractivity contribution < 1.29 is 9.59 Å². The van der Waals surface area contributed by atoms with E-state index in [2.05, 4.69) is 21.2 Å². The van der Waals surface area contributed by atoms with Crippen molar-refractivity contribution in [1.29, 1.82) is 0 Å². The molecule has 0 bridgehead atoms. The zero-order valence-corrected chi connectivity index (χ0v) is 11.0. The van der Waals surface area contributed by atoms with Gasteiger partial charge < -0.3 is 0 Å². The van der Waals surface area contributed by atoms with Crippen LogP contribution in [0.25, 0.3) is 0 Å². The summed E-state index contributed by atoms with van der Waals surface area (Å²) in [5, 5.41) is 2.33. The van der Waals surface area contributed by atoms with Gasteiger partial charge in [0.15, 0.2) is 0 Å². The molecule has 0 aliphatic carbocycles. The average Bonchev–Trinajstić information content (AvgIpc) is 2.25. The van der Waals surface area contributed by atoms with Crippen LogP contribution in [0.15, 0.2) is 28.7 Å². The third-order valence-electron chi connectivity index (χ3n) is 2.81. The predicted molar refractivity (Wildman–Crippen MR) is 67.2 cm³/mol. The van der Waals surface area contributed by atoms with Gasteiger partial charge in [-0.25, -0.2) is 0 Å². The quantitative estimate of drug-likeness (QED) is 0.837. The molecular weight excluding hydrogens is 284 g/mol. The Balaban J connectivity index is 2.12. The SMILES string of the molecule is CC1C(=O)NC(=O)CN1Cc1cccc(Br)c1. The van der Waals surface area contributed by atoms with E-state index in [0.29, 0.717) is 6.54 Å². The highest BCUT2D eigenvalue weighted by atomic mass is 79.9. The summed E-state index contributed by atoms with van der Waals surface area (Å²) in [7, 11) is 0. The second-order valence-corrected chi connectivity index (χ2v) is 5.04. The fourth-order valence-corrected chi connectivity index (χ4v) is 2.28. The minimum atomic E-state index is -0.272. The Morgan fingerprint density at radius 3 is 2.94 bits per heavy atom. The van der Waals surface area contributed by atoms with Gasteiger partial charge in [0.05, 0.1) is 12.6 Å². The molecule has 17 heavy (non-hydrogen) atoms. The Bertz CT molecular complexity index is 462. The standard InChI is InChI=1S/C12H13BrN2O2/c1-8-12(17)14-11(16)7-15(8)6-9-3-2-4-10(13)5-9/h2-5,8H,6-7H2,1H3,(H,14,16,17). The number of amides is 2. The van der Waals surface area contributed by atoms with Gasteiger partial charge in [-0.1, -0.05) is 28.1 Å². The van der Waals surface area contributed by atoms with Crippen molar-refractivity contribution in [3.05, 3.63) is 34.3 Å². The molecule has 1 heterocycles. The van der Waals surface area contributed by atoms with E-state index >= 15 is 0 Å². The number of carbonyl (C=O) groups excluding carboxylic acids is 2. The molecule has 1 aromatic rings. The first-order valence-electron chi connectivity index (χ1n) is 5.38. The Labute approximate surface area is 108 Å². The summed E-state index contributed by atoms with van der Waals surface area (Å²) in [6.07, 6.45) is 0. The fourth-order valence-electron chi connectivity index (χ4n) is 1.83. The molecule has 1 fully saturated rings. The molecule has 0 spiro atoms. The predicted octanol–water partition coefficient (Wildman–Crippen LogP) is 1.30. The maximum Gasteiger partial charge on any atom is 0.243 e. The second kappa shape index (κ2) is 4.98. The third-order valence-corrected chi connectivity index (χ3v) is 3.30. The van der Waals surface area contributed by atoms with Crippen LogP contribution in [0.1, 0.15) is 12.5 Å². The number of nitrogens with one attached hydrogen (secondary N) is 1. The van der Waals surface area contributed by atoms with Crippen molar-refractivity contribution in [3.63, 3.8) is 0 Å². The lowest BCUT2D eigenvalue weighted by Crippen LogP contribution is -2.56. The summed E-state index contributed by atoms with van der Waals surface area (Å²) in [6.45, 7) is 2.67. The number of hydrogen-bond donors (Lipinski definition) is 1. The summed E-state index contributed by atoms with van der Waals surface area (Å²) >= 11 is 3.40. The first-order chi connectivity index (χ1) is 8.06. The molecule has 1 aliphatic heterocycles. The Morgan fingerprint density at radius 2 is 2.24 bits per heavy atom. The summed E-state index contributed by atoms with van der Waals surface area (Å²) in [5.41, 5.74) is 1.08. The van der Waals surface area contributed by atoms with E-state index in [9.17, 15) is 9.59 Å². The normalized spacial score (nSPS) is 21.4. The monoisotopic (exact) mass is 296 g/mol. The van der Waals surface area contributed by atoms with E-state index in [0.717, 1.165) is 10.0 Å². The molecule has 1 N–H and O–H groups in total. The number of imide groups is 1. The summed E-state index contributed by atoms with van der Waals surface area (Å²) < 4.78 is 0.996. The molecule has 5 heteroatoms. The van der Waals surface area contributed by atoms with Crippen LogP contribution in [0.4, 0.5) is 0 Å².